The number of anilines is 1. The van der Waals surface area contributed by atoms with Crippen LogP contribution in [0.25, 0.3) is 0 Å². The van der Waals surface area contributed by atoms with Crippen molar-refractivity contribution in [3.8, 4) is 5.75 Å². The average molecular weight is 337 g/mol. The van der Waals surface area contributed by atoms with Gasteiger partial charge < -0.3 is 4.74 Å². The van der Waals surface area contributed by atoms with Crippen molar-refractivity contribution in [3.05, 3.63) is 39.9 Å². The van der Waals surface area contributed by atoms with Gasteiger partial charge in [-0.15, -0.1) is 11.3 Å². The second-order valence-electron chi connectivity index (χ2n) is 5.50. The fourth-order valence-corrected chi connectivity index (χ4v) is 3.83. The molecule has 6 heteroatoms. The number of nitrogens with one attached hydrogen (secondary N) is 1. The lowest BCUT2D eigenvalue weighted by Crippen LogP contribution is -2.20. The third kappa shape index (κ3) is 3.59. The highest BCUT2D eigenvalue weighted by Crippen LogP contribution is 2.32. The Labute approximate surface area is 138 Å². The highest BCUT2D eigenvalue weighted by atomic mass is 35.5. The Balaban J connectivity index is 1.57. The van der Waals surface area contributed by atoms with Gasteiger partial charge in [-0.1, -0.05) is 30.7 Å². The number of carbonyl (C=O) groups is 1. The van der Waals surface area contributed by atoms with Gasteiger partial charge in [0.25, 0.3) is 5.91 Å². The molecule has 0 saturated heterocycles. The van der Waals surface area contributed by atoms with E-state index in [0.29, 0.717) is 21.8 Å². The highest BCUT2D eigenvalue weighted by Gasteiger charge is 2.20. The molecule has 1 N–H and O–H groups in total. The topological polar surface area (TPSA) is 51.2 Å². The number of thiazole rings is 1. The normalized spacial score (nSPS) is 16.9. The van der Waals surface area contributed by atoms with E-state index in [-0.39, 0.29) is 12.5 Å². The number of hydrogen-bond acceptors (Lipinski definition) is 4. The van der Waals surface area contributed by atoms with Crippen molar-refractivity contribution in [1.29, 1.82) is 0 Å². The Hall–Kier alpha value is -1.59. The van der Waals surface area contributed by atoms with E-state index >= 15 is 0 Å². The number of benzene rings is 1. The maximum Gasteiger partial charge on any atom is 0.264 e. The molecule has 1 heterocycles. The minimum Gasteiger partial charge on any atom is -0.482 e. The number of ether oxygens (including phenoxy) is 1. The number of para-hydroxylation sites is 1. The summed E-state index contributed by atoms with van der Waals surface area (Å²) < 4.78 is 5.42. The fraction of sp³-hybridized carbons (Fsp3) is 0.375. The van der Waals surface area contributed by atoms with Crippen LogP contribution in [0.15, 0.2) is 24.3 Å². The van der Waals surface area contributed by atoms with Crippen LogP contribution in [0.3, 0.4) is 0 Å². The Morgan fingerprint density at radius 1 is 1.50 bits per heavy atom. The van der Waals surface area contributed by atoms with E-state index in [9.17, 15) is 4.79 Å². The SMILES string of the molecule is CC1CCc2nc(NC(=O)COc3ccccc3Cl)sc2C1. The van der Waals surface area contributed by atoms with Gasteiger partial charge in [-0.2, -0.15) is 0 Å². The fourth-order valence-electron chi connectivity index (χ4n) is 2.45. The third-order valence-corrected chi connectivity index (χ3v) is 4.98. The first-order valence-corrected chi connectivity index (χ1v) is 8.47. The largest absolute Gasteiger partial charge is 0.482 e. The summed E-state index contributed by atoms with van der Waals surface area (Å²) in [7, 11) is 0. The summed E-state index contributed by atoms with van der Waals surface area (Å²) in [5.41, 5.74) is 1.13. The minimum atomic E-state index is -0.223. The monoisotopic (exact) mass is 336 g/mol. The van der Waals surface area contributed by atoms with Gasteiger partial charge in [0.1, 0.15) is 5.75 Å². The number of fused-ring (bicyclic) bond motifs is 1. The Morgan fingerprint density at radius 3 is 3.14 bits per heavy atom. The summed E-state index contributed by atoms with van der Waals surface area (Å²) in [5, 5.41) is 3.96. The van der Waals surface area contributed by atoms with Crippen LogP contribution in [0.4, 0.5) is 5.13 Å². The molecule has 0 aliphatic heterocycles. The van der Waals surface area contributed by atoms with Crippen LogP contribution in [-0.4, -0.2) is 17.5 Å². The van der Waals surface area contributed by atoms with E-state index in [1.165, 1.54) is 11.3 Å². The van der Waals surface area contributed by atoms with Gasteiger partial charge in [-0.3, -0.25) is 10.1 Å². The van der Waals surface area contributed by atoms with Crippen LogP contribution in [0, 0.1) is 5.92 Å². The number of rotatable bonds is 4. The second-order valence-corrected chi connectivity index (χ2v) is 6.99. The van der Waals surface area contributed by atoms with E-state index in [4.69, 9.17) is 16.3 Å². The third-order valence-electron chi connectivity index (χ3n) is 3.63. The Morgan fingerprint density at radius 2 is 2.32 bits per heavy atom. The highest BCUT2D eigenvalue weighted by molar-refractivity contribution is 7.15. The standard InChI is InChI=1S/C16H17ClN2O2S/c1-10-6-7-12-14(8-10)22-16(18-12)19-15(20)9-21-13-5-3-2-4-11(13)17/h2-5,10H,6-9H2,1H3,(H,18,19,20). The zero-order valence-corrected chi connectivity index (χ0v) is 13.8. The summed E-state index contributed by atoms with van der Waals surface area (Å²) in [6.45, 7) is 2.17. The summed E-state index contributed by atoms with van der Waals surface area (Å²) in [6, 6.07) is 7.09. The lowest BCUT2D eigenvalue weighted by molar-refractivity contribution is -0.118. The number of aryl methyl sites for hydroxylation is 1. The van der Waals surface area contributed by atoms with Crippen molar-refractivity contribution < 1.29 is 9.53 Å². The first kappa shape index (κ1) is 15.3. The molecule has 1 aromatic heterocycles. The first-order valence-electron chi connectivity index (χ1n) is 7.27. The molecule has 3 rings (SSSR count). The van der Waals surface area contributed by atoms with E-state index in [1.807, 2.05) is 12.1 Å². The molecule has 4 nitrogen and oxygen atoms in total. The quantitative estimate of drug-likeness (QED) is 0.920. The smallest absolute Gasteiger partial charge is 0.264 e. The molecule has 1 aliphatic carbocycles. The lowest BCUT2D eigenvalue weighted by atomic mass is 9.93. The lowest BCUT2D eigenvalue weighted by Gasteiger charge is -2.15. The van der Waals surface area contributed by atoms with E-state index < -0.39 is 0 Å². The summed E-state index contributed by atoms with van der Waals surface area (Å²) in [6.07, 6.45) is 3.22. The van der Waals surface area contributed by atoms with Crippen LogP contribution >= 0.6 is 22.9 Å². The molecule has 22 heavy (non-hydrogen) atoms. The number of hydrogen-bond donors (Lipinski definition) is 1. The van der Waals surface area contributed by atoms with Crippen molar-refractivity contribution in [2.75, 3.05) is 11.9 Å². The predicted octanol–water partition coefficient (Wildman–Crippen LogP) is 3.94. The van der Waals surface area contributed by atoms with Gasteiger partial charge in [0.15, 0.2) is 11.7 Å². The van der Waals surface area contributed by atoms with Crippen LogP contribution < -0.4 is 10.1 Å². The van der Waals surface area contributed by atoms with Gasteiger partial charge in [0.05, 0.1) is 10.7 Å². The molecule has 1 aromatic carbocycles. The van der Waals surface area contributed by atoms with Gasteiger partial charge in [0, 0.05) is 4.88 Å². The van der Waals surface area contributed by atoms with Crippen LogP contribution in [0.1, 0.15) is 23.9 Å². The maximum absolute atomic E-state index is 12.0. The molecule has 2 aromatic rings. The van der Waals surface area contributed by atoms with Crippen molar-refractivity contribution in [1.82, 2.24) is 4.98 Å². The minimum absolute atomic E-state index is 0.0790. The molecule has 116 valence electrons. The number of halogens is 1. The maximum atomic E-state index is 12.0. The predicted molar refractivity (Wildman–Crippen MR) is 88.9 cm³/mol. The molecule has 1 aliphatic rings. The van der Waals surface area contributed by atoms with E-state index in [1.54, 1.807) is 23.5 Å². The van der Waals surface area contributed by atoms with Gasteiger partial charge in [0.2, 0.25) is 0 Å². The van der Waals surface area contributed by atoms with Crippen molar-refractivity contribution in [2.24, 2.45) is 5.92 Å². The van der Waals surface area contributed by atoms with Crippen LogP contribution in [0.5, 0.6) is 5.75 Å². The number of amides is 1. The van der Waals surface area contributed by atoms with Crippen LogP contribution in [-0.2, 0) is 17.6 Å². The Bertz CT molecular complexity index is 687. The molecule has 0 spiro atoms. The van der Waals surface area contributed by atoms with Crippen LogP contribution in [0.2, 0.25) is 5.02 Å². The second kappa shape index (κ2) is 6.67. The zero-order chi connectivity index (χ0) is 15.5. The Kier molecular flexibility index (Phi) is 4.64. The molecule has 1 unspecified atom stereocenters. The number of carbonyl (C=O) groups excluding carboxylic acids is 1. The molecule has 1 atom stereocenters. The van der Waals surface area contributed by atoms with Gasteiger partial charge in [-0.05, 0) is 37.3 Å². The first-order chi connectivity index (χ1) is 10.6. The molecule has 0 fully saturated rings. The number of aromatic nitrogens is 1. The van der Waals surface area contributed by atoms with Crippen molar-refractivity contribution in [2.45, 2.75) is 26.2 Å². The van der Waals surface area contributed by atoms with Gasteiger partial charge >= 0.3 is 0 Å². The molecule has 0 saturated carbocycles. The van der Waals surface area contributed by atoms with Gasteiger partial charge in [-0.25, -0.2) is 4.98 Å². The van der Waals surface area contributed by atoms with E-state index in [0.717, 1.165) is 18.5 Å². The average Bonchev–Trinajstić information content (AvgIpc) is 2.87. The van der Waals surface area contributed by atoms with E-state index in [2.05, 4.69) is 17.2 Å². The molecule has 0 bridgehead atoms. The molecular weight excluding hydrogens is 320 g/mol. The molecular formula is C16H17ClN2O2S. The summed E-state index contributed by atoms with van der Waals surface area (Å²) in [5.74, 6) is 0.977. The number of nitrogens with zero attached hydrogens (tertiary/aromatic N) is 1. The van der Waals surface area contributed by atoms with Crippen molar-refractivity contribution in [3.63, 3.8) is 0 Å². The summed E-state index contributed by atoms with van der Waals surface area (Å²) in [4.78, 5) is 17.8. The summed E-state index contributed by atoms with van der Waals surface area (Å²) >= 11 is 7.55. The van der Waals surface area contributed by atoms with Crippen molar-refractivity contribution >= 4 is 34.0 Å². The molecule has 0 radical (unpaired) electrons. The molecule has 1 amide bonds. The zero-order valence-electron chi connectivity index (χ0n) is 12.3.